The molecule has 2 nitrogen and oxygen atoms in total. The van der Waals surface area contributed by atoms with Gasteiger partial charge in [-0.2, -0.15) is 0 Å². The quantitative estimate of drug-likeness (QED) is 0.163. The minimum atomic E-state index is -1.58. The first kappa shape index (κ1) is 26.1. The summed E-state index contributed by atoms with van der Waals surface area (Å²) in [6.07, 6.45) is 23.1. The molecule has 0 saturated carbocycles. The highest BCUT2D eigenvalue weighted by atomic mass is 28.4. The molecule has 0 aromatic heterocycles. The molecular weight excluding hydrogens is 334 g/mol. The van der Waals surface area contributed by atoms with Crippen molar-refractivity contribution in [1.29, 1.82) is 0 Å². The van der Waals surface area contributed by atoms with Crippen LogP contribution < -0.4 is 0 Å². The minimum absolute atomic E-state index is 1.09. The van der Waals surface area contributed by atoms with Crippen molar-refractivity contribution in [1.82, 2.24) is 0 Å². The Morgan fingerprint density at radius 2 is 0.885 bits per heavy atom. The Balaban J connectivity index is 3.30. The second-order valence-corrected chi connectivity index (χ2v) is 13.9. The summed E-state index contributed by atoms with van der Waals surface area (Å²) in [6, 6.07) is 0. The van der Waals surface area contributed by atoms with Gasteiger partial charge in [0.1, 0.15) is 0 Å². The van der Waals surface area contributed by atoms with Gasteiger partial charge in [-0.15, -0.1) is 0 Å². The van der Waals surface area contributed by atoms with Crippen molar-refractivity contribution in [2.24, 2.45) is 0 Å². The average Bonchev–Trinajstić information content (AvgIpc) is 2.61. The van der Waals surface area contributed by atoms with Gasteiger partial charge in [-0.05, 0) is 12.8 Å². The molecule has 0 radical (unpaired) electrons. The Hall–Kier alpha value is 0.137. The summed E-state index contributed by atoms with van der Waals surface area (Å²) in [7, 11) is 5.01. The molecule has 26 heavy (non-hydrogen) atoms. The molecule has 0 aromatic rings. The fraction of sp³-hybridized carbons (Fsp3) is 1.00. The molecule has 0 aromatic carbocycles. The normalized spacial score (nSPS) is 12.7. The smallest absolute Gasteiger partial charge is 0.374 e. The zero-order chi connectivity index (χ0) is 19.7. The number of unbranched alkanes of at least 4 members (excludes halogenated alkanes) is 15. The summed E-state index contributed by atoms with van der Waals surface area (Å²) in [5, 5.41) is 0. The minimum Gasteiger partial charge on any atom is -0.374 e. The van der Waals surface area contributed by atoms with E-state index in [9.17, 15) is 0 Å². The lowest BCUT2D eigenvalue weighted by molar-refractivity contribution is -0.799. The van der Waals surface area contributed by atoms with Crippen molar-refractivity contribution in [3.05, 3.63) is 0 Å². The summed E-state index contributed by atoms with van der Waals surface area (Å²) in [5.74, 6) is 0. The van der Waals surface area contributed by atoms with Crippen molar-refractivity contribution in [2.75, 3.05) is 27.7 Å². The molecule has 0 rings (SSSR count). The maximum Gasteiger partial charge on any atom is 0.429 e. The molecular formula is C23H52NOSi+. The molecule has 0 unspecified atom stereocenters. The average molecular weight is 387 g/mol. The number of rotatable bonds is 19. The summed E-state index contributed by atoms with van der Waals surface area (Å²) in [4.78, 5) is 0. The van der Waals surface area contributed by atoms with Crippen molar-refractivity contribution in [3.8, 4) is 0 Å². The Kier molecular flexibility index (Phi) is 16.2. The van der Waals surface area contributed by atoms with Gasteiger partial charge in [0.2, 0.25) is 0 Å². The van der Waals surface area contributed by atoms with Crippen LogP contribution in [0.2, 0.25) is 13.1 Å². The van der Waals surface area contributed by atoms with Crippen LogP contribution in [0, 0.1) is 0 Å². The molecule has 0 heterocycles. The molecule has 0 aliphatic heterocycles. The van der Waals surface area contributed by atoms with Gasteiger partial charge in [0.15, 0.2) is 0 Å². The first-order chi connectivity index (χ1) is 12.4. The first-order valence-electron chi connectivity index (χ1n) is 11.8. The van der Waals surface area contributed by atoms with Crippen LogP contribution in [0.5, 0.6) is 0 Å². The predicted octanol–water partition coefficient (Wildman–Crippen LogP) is 7.67. The van der Waals surface area contributed by atoms with Crippen LogP contribution in [0.25, 0.3) is 0 Å². The molecule has 0 N–H and O–H groups in total. The third-order valence-corrected chi connectivity index (χ3v) is 10.7. The van der Waals surface area contributed by atoms with Gasteiger partial charge < -0.3 is 8.57 Å². The van der Waals surface area contributed by atoms with E-state index in [4.69, 9.17) is 4.43 Å². The number of quaternary nitrogens is 1. The van der Waals surface area contributed by atoms with Crippen LogP contribution in [0.1, 0.15) is 110 Å². The number of hydrogen-bond acceptors (Lipinski definition) is 1. The molecule has 158 valence electrons. The van der Waals surface area contributed by atoms with Crippen molar-refractivity contribution >= 4 is 8.48 Å². The highest BCUT2D eigenvalue weighted by Gasteiger charge is 2.42. The molecule has 0 aliphatic carbocycles. The first-order valence-corrected chi connectivity index (χ1v) is 14.6. The highest BCUT2D eigenvalue weighted by Crippen LogP contribution is 2.19. The van der Waals surface area contributed by atoms with E-state index in [1.165, 1.54) is 109 Å². The maximum absolute atomic E-state index is 5.79. The Labute approximate surface area is 167 Å². The largest absolute Gasteiger partial charge is 0.429 e. The Morgan fingerprint density at radius 3 is 1.19 bits per heavy atom. The van der Waals surface area contributed by atoms with Gasteiger partial charge >= 0.3 is 8.48 Å². The van der Waals surface area contributed by atoms with E-state index in [2.05, 4.69) is 34.1 Å². The lowest BCUT2D eigenvalue weighted by Crippen LogP contribution is -2.61. The fourth-order valence-corrected chi connectivity index (χ4v) is 4.76. The number of nitrogens with zero attached hydrogens (tertiary/aromatic N) is 1. The zero-order valence-electron chi connectivity index (χ0n) is 19.4. The monoisotopic (exact) mass is 386 g/mol. The predicted molar refractivity (Wildman–Crippen MR) is 121 cm³/mol. The standard InChI is InChI=1S/C23H52NOSi/c1-7-8-9-10-11-12-13-14-15-16-17-18-19-20-21-22-23-24(2,3)26(5,6)25-4/h7-23H2,1-6H3/q+1. The van der Waals surface area contributed by atoms with E-state index in [1.807, 2.05) is 7.11 Å². The molecule has 0 bridgehead atoms. The van der Waals surface area contributed by atoms with Gasteiger partial charge in [-0.1, -0.05) is 96.8 Å². The van der Waals surface area contributed by atoms with E-state index in [-0.39, 0.29) is 0 Å². The topological polar surface area (TPSA) is 9.23 Å². The molecule has 0 saturated heterocycles. The van der Waals surface area contributed by atoms with Crippen LogP contribution in [-0.4, -0.2) is 40.4 Å². The van der Waals surface area contributed by atoms with E-state index in [0.717, 1.165) is 4.15 Å². The molecule has 0 amide bonds. The lowest BCUT2D eigenvalue weighted by Gasteiger charge is -2.41. The van der Waals surface area contributed by atoms with Crippen LogP contribution in [-0.2, 0) is 4.43 Å². The van der Waals surface area contributed by atoms with E-state index < -0.39 is 8.48 Å². The maximum atomic E-state index is 5.79. The van der Waals surface area contributed by atoms with E-state index >= 15 is 0 Å². The fourth-order valence-electron chi connectivity index (χ4n) is 3.57. The van der Waals surface area contributed by atoms with Gasteiger partial charge in [0.25, 0.3) is 0 Å². The molecule has 0 spiro atoms. The van der Waals surface area contributed by atoms with Crippen molar-refractivity contribution in [3.63, 3.8) is 0 Å². The molecule has 0 fully saturated rings. The highest BCUT2D eigenvalue weighted by molar-refractivity contribution is 6.63. The summed E-state index contributed by atoms with van der Waals surface area (Å²) >= 11 is 0. The zero-order valence-corrected chi connectivity index (χ0v) is 20.4. The second-order valence-electron chi connectivity index (χ2n) is 9.36. The molecule has 3 heteroatoms. The Morgan fingerprint density at radius 1 is 0.577 bits per heavy atom. The van der Waals surface area contributed by atoms with Crippen molar-refractivity contribution in [2.45, 2.75) is 123 Å². The number of hydrogen-bond donors (Lipinski definition) is 0. The van der Waals surface area contributed by atoms with Gasteiger partial charge in [-0.25, -0.2) is 0 Å². The second kappa shape index (κ2) is 16.1. The van der Waals surface area contributed by atoms with Gasteiger partial charge in [-0.3, -0.25) is 0 Å². The third-order valence-electron chi connectivity index (χ3n) is 6.53. The third kappa shape index (κ3) is 13.3. The molecule has 0 aliphatic rings. The van der Waals surface area contributed by atoms with Crippen LogP contribution in [0.4, 0.5) is 0 Å². The van der Waals surface area contributed by atoms with Crippen LogP contribution in [0.15, 0.2) is 0 Å². The van der Waals surface area contributed by atoms with Gasteiger partial charge in [0.05, 0.1) is 20.6 Å². The summed E-state index contributed by atoms with van der Waals surface area (Å²) in [6.45, 7) is 8.23. The SMILES string of the molecule is CCCCCCCCCCCCCCCCCC[N+](C)(C)[Si](C)(C)OC. The summed E-state index contributed by atoms with van der Waals surface area (Å²) in [5.41, 5.74) is 0. The lowest BCUT2D eigenvalue weighted by atomic mass is 10.0. The summed E-state index contributed by atoms with van der Waals surface area (Å²) < 4.78 is 6.88. The van der Waals surface area contributed by atoms with Crippen molar-refractivity contribution < 1.29 is 8.57 Å². The van der Waals surface area contributed by atoms with E-state index in [1.54, 1.807) is 0 Å². The Bertz CT molecular complexity index is 305. The van der Waals surface area contributed by atoms with E-state index in [0.29, 0.717) is 0 Å². The van der Waals surface area contributed by atoms with Gasteiger partial charge in [0, 0.05) is 20.2 Å². The molecule has 0 atom stereocenters. The van der Waals surface area contributed by atoms with Crippen LogP contribution >= 0.6 is 0 Å². The van der Waals surface area contributed by atoms with Crippen LogP contribution in [0.3, 0.4) is 0 Å².